The predicted octanol–water partition coefficient (Wildman–Crippen LogP) is 5.14. The highest BCUT2D eigenvalue weighted by atomic mass is 32.2. The fraction of sp³-hybridized carbons (Fsp3) is 0.684. The van der Waals surface area contributed by atoms with Gasteiger partial charge in [0, 0.05) is 6.04 Å². The predicted molar refractivity (Wildman–Crippen MR) is 94.1 cm³/mol. The zero-order chi connectivity index (χ0) is 14.5. The molecule has 1 aliphatic carbocycles. The summed E-state index contributed by atoms with van der Waals surface area (Å²) < 4.78 is 0. The van der Waals surface area contributed by atoms with Gasteiger partial charge < -0.3 is 5.32 Å². The van der Waals surface area contributed by atoms with Gasteiger partial charge in [0.25, 0.3) is 0 Å². The summed E-state index contributed by atoms with van der Waals surface area (Å²) in [6, 6.07) is 9.81. The number of nitrogens with one attached hydrogen (secondary N) is 1. The van der Waals surface area contributed by atoms with Crippen LogP contribution in [0.15, 0.2) is 24.3 Å². The molecule has 1 saturated heterocycles. The molecular weight excluding hydrogens is 274 g/mol. The van der Waals surface area contributed by atoms with Gasteiger partial charge in [-0.1, -0.05) is 37.6 Å². The van der Waals surface area contributed by atoms with Crippen LogP contribution in [0.4, 0.5) is 0 Å². The Hall–Kier alpha value is -0.470. The van der Waals surface area contributed by atoms with Crippen LogP contribution in [0.25, 0.3) is 0 Å². The molecule has 0 amide bonds. The lowest BCUT2D eigenvalue weighted by molar-refractivity contribution is 0.364. The van der Waals surface area contributed by atoms with E-state index in [1.54, 1.807) is 11.1 Å². The van der Waals surface area contributed by atoms with E-state index in [1.807, 2.05) is 0 Å². The average Bonchev–Trinajstić information content (AvgIpc) is 2.47. The number of hydrogen-bond donors (Lipinski definition) is 1. The first-order valence-corrected chi connectivity index (χ1v) is 9.94. The van der Waals surface area contributed by atoms with Crippen LogP contribution < -0.4 is 5.32 Å². The minimum Gasteiger partial charge on any atom is -0.310 e. The van der Waals surface area contributed by atoms with Crippen molar-refractivity contribution in [3.63, 3.8) is 0 Å². The molecule has 1 saturated carbocycles. The highest BCUT2D eigenvalue weighted by Crippen LogP contribution is 2.41. The third kappa shape index (κ3) is 3.84. The van der Waals surface area contributed by atoms with Crippen LogP contribution in [0.5, 0.6) is 0 Å². The second-order valence-electron chi connectivity index (χ2n) is 6.66. The minimum absolute atomic E-state index is 0.569. The van der Waals surface area contributed by atoms with E-state index in [1.165, 1.54) is 50.0 Å². The summed E-state index contributed by atoms with van der Waals surface area (Å²) in [5.41, 5.74) is 3.24. The van der Waals surface area contributed by atoms with Gasteiger partial charge >= 0.3 is 0 Å². The Morgan fingerprint density at radius 1 is 1.14 bits per heavy atom. The lowest BCUT2D eigenvalue weighted by Gasteiger charge is -2.33. The van der Waals surface area contributed by atoms with E-state index in [-0.39, 0.29) is 0 Å². The summed E-state index contributed by atoms with van der Waals surface area (Å²) in [7, 11) is 0. The molecule has 0 spiro atoms. The SMILES string of the molecule is CCNC(CC1CCSCC1)c1ccccc1C1CCC1. The Morgan fingerprint density at radius 3 is 2.57 bits per heavy atom. The Balaban J connectivity index is 1.75. The zero-order valence-corrected chi connectivity index (χ0v) is 14.1. The summed E-state index contributed by atoms with van der Waals surface area (Å²) in [5, 5.41) is 3.78. The molecule has 2 fully saturated rings. The Kier molecular flexibility index (Phi) is 5.65. The molecule has 2 aliphatic rings. The molecule has 1 aromatic rings. The molecule has 1 unspecified atom stereocenters. The second-order valence-corrected chi connectivity index (χ2v) is 7.88. The van der Waals surface area contributed by atoms with E-state index in [2.05, 4.69) is 48.3 Å². The number of benzene rings is 1. The van der Waals surface area contributed by atoms with Crippen molar-refractivity contribution in [3.05, 3.63) is 35.4 Å². The summed E-state index contributed by atoms with van der Waals surface area (Å²) in [6.07, 6.45) is 8.38. The first-order valence-electron chi connectivity index (χ1n) is 8.78. The molecular formula is C19H29NS. The number of hydrogen-bond acceptors (Lipinski definition) is 2. The van der Waals surface area contributed by atoms with E-state index >= 15 is 0 Å². The summed E-state index contributed by atoms with van der Waals surface area (Å²) in [6.45, 7) is 3.32. The van der Waals surface area contributed by atoms with Crippen molar-refractivity contribution in [2.45, 2.75) is 57.4 Å². The smallest absolute Gasteiger partial charge is 0.0325 e. The van der Waals surface area contributed by atoms with Gasteiger partial charge in [0.1, 0.15) is 0 Å². The van der Waals surface area contributed by atoms with Crippen LogP contribution in [0.2, 0.25) is 0 Å². The molecule has 2 heteroatoms. The molecule has 0 bridgehead atoms. The average molecular weight is 304 g/mol. The molecule has 1 atom stereocenters. The molecule has 1 aromatic carbocycles. The molecule has 1 nitrogen and oxygen atoms in total. The monoisotopic (exact) mass is 303 g/mol. The van der Waals surface area contributed by atoms with E-state index in [4.69, 9.17) is 0 Å². The fourth-order valence-corrected chi connectivity index (χ4v) is 5.01. The third-order valence-corrected chi connectivity index (χ3v) is 6.33. The van der Waals surface area contributed by atoms with Crippen LogP contribution in [0.3, 0.4) is 0 Å². The normalized spacial score (nSPS) is 22.0. The van der Waals surface area contributed by atoms with Crippen LogP contribution in [0.1, 0.15) is 68.5 Å². The van der Waals surface area contributed by atoms with Crippen molar-refractivity contribution in [3.8, 4) is 0 Å². The van der Waals surface area contributed by atoms with Gasteiger partial charge in [0.2, 0.25) is 0 Å². The first kappa shape index (κ1) is 15.4. The van der Waals surface area contributed by atoms with Gasteiger partial charge in [-0.2, -0.15) is 11.8 Å². The molecule has 116 valence electrons. The maximum absolute atomic E-state index is 3.78. The van der Waals surface area contributed by atoms with Gasteiger partial charge in [-0.05, 0) is 73.1 Å². The molecule has 3 rings (SSSR count). The molecule has 0 radical (unpaired) electrons. The summed E-state index contributed by atoms with van der Waals surface area (Å²) in [4.78, 5) is 0. The molecule has 1 N–H and O–H groups in total. The largest absolute Gasteiger partial charge is 0.310 e. The summed E-state index contributed by atoms with van der Waals surface area (Å²) in [5.74, 6) is 4.50. The summed E-state index contributed by atoms with van der Waals surface area (Å²) >= 11 is 2.14. The molecule has 1 heterocycles. The quantitative estimate of drug-likeness (QED) is 0.781. The maximum Gasteiger partial charge on any atom is 0.0325 e. The Morgan fingerprint density at radius 2 is 1.90 bits per heavy atom. The molecule has 1 aliphatic heterocycles. The van der Waals surface area contributed by atoms with Crippen molar-refractivity contribution in [1.82, 2.24) is 5.32 Å². The van der Waals surface area contributed by atoms with Crippen molar-refractivity contribution in [2.24, 2.45) is 5.92 Å². The van der Waals surface area contributed by atoms with Gasteiger partial charge in [-0.15, -0.1) is 0 Å². The Labute approximate surface area is 134 Å². The lowest BCUT2D eigenvalue weighted by atomic mass is 9.76. The van der Waals surface area contributed by atoms with Gasteiger partial charge in [-0.3, -0.25) is 0 Å². The standard InChI is InChI=1S/C19H29NS/c1-2-20-19(14-15-10-12-21-13-11-15)18-9-4-3-8-17(18)16-6-5-7-16/h3-4,8-9,15-16,19-20H,2,5-7,10-14H2,1H3. The second kappa shape index (κ2) is 7.69. The zero-order valence-electron chi connectivity index (χ0n) is 13.3. The van der Waals surface area contributed by atoms with Crippen molar-refractivity contribution in [2.75, 3.05) is 18.1 Å². The third-order valence-electron chi connectivity index (χ3n) is 5.28. The first-order chi connectivity index (χ1) is 10.4. The van der Waals surface area contributed by atoms with Crippen LogP contribution in [-0.4, -0.2) is 18.1 Å². The van der Waals surface area contributed by atoms with Crippen molar-refractivity contribution in [1.29, 1.82) is 0 Å². The van der Waals surface area contributed by atoms with Crippen molar-refractivity contribution < 1.29 is 0 Å². The van der Waals surface area contributed by atoms with Crippen LogP contribution in [-0.2, 0) is 0 Å². The Bertz CT molecular complexity index is 435. The van der Waals surface area contributed by atoms with Crippen LogP contribution >= 0.6 is 11.8 Å². The molecule has 0 aromatic heterocycles. The van der Waals surface area contributed by atoms with Crippen LogP contribution in [0, 0.1) is 5.92 Å². The van der Waals surface area contributed by atoms with Gasteiger partial charge in [0.05, 0.1) is 0 Å². The minimum atomic E-state index is 0.569. The van der Waals surface area contributed by atoms with E-state index in [0.29, 0.717) is 6.04 Å². The number of rotatable bonds is 6. The lowest BCUT2D eigenvalue weighted by Crippen LogP contribution is -2.27. The van der Waals surface area contributed by atoms with Gasteiger partial charge in [-0.25, -0.2) is 0 Å². The maximum atomic E-state index is 3.78. The van der Waals surface area contributed by atoms with Crippen molar-refractivity contribution >= 4 is 11.8 Å². The van der Waals surface area contributed by atoms with E-state index in [9.17, 15) is 0 Å². The molecule has 21 heavy (non-hydrogen) atoms. The highest BCUT2D eigenvalue weighted by molar-refractivity contribution is 7.99. The topological polar surface area (TPSA) is 12.0 Å². The van der Waals surface area contributed by atoms with E-state index < -0.39 is 0 Å². The van der Waals surface area contributed by atoms with E-state index in [0.717, 1.165) is 18.4 Å². The number of thioether (sulfide) groups is 1. The fourth-order valence-electron chi connectivity index (χ4n) is 3.80. The van der Waals surface area contributed by atoms with Gasteiger partial charge in [0.15, 0.2) is 0 Å². The highest BCUT2D eigenvalue weighted by Gasteiger charge is 2.26.